The van der Waals surface area contributed by atoms with Crippen molar-refractivity contribution in [2.45, 2.75) is 39.4 Å². The summed E-state index contributed by atoms with van der Waals surface area (Å²) in [5.74, 6) is 4.89. The van der Waals surface area contributed by atoms with Crippen LogP contribution in [0.3, 0.4) is 0 Å². The van der Waals surface area contributed by atoms with E-state index >= 15 is 0 Å². The standard InChI is InChI=1S/C15H24N2O3/c1-15(2,3)20-9-8-19-11-13-7-5-4-6-12(13)10-14(18)17-16/h4-7H,8-11,16H2,1-3H3,(H,17,18). The summed E-state index contributed by atoms with van der Waals surface area (Å²) in [6, 6.07) is 7.67. The van der Waals surface area contributed by atoms with E-state index < -0.39 is 0 Å². The van der Waals surface area contributed by atoms with Crippen molar-refractivity contribution in [2.24, 2.45) is 5.84 Å². The number of ether oxygens (including phenoxy) is 2. The molecule has 5 heteroatoms. The van der Waals surface area contributed by atoms with Gasteiger partial charge in [-0.25, -0.2) is 5.84 Å². The fraction of sp³-hybridized carbons (Fsp3) is 0.533. The molecule has 0 aliphatic heterocycles. The average Bonchev–Trinajstić information content (AvgIpc) is 2.38. The molecular weight excluding hydrogens is 256 g/mol. The molecule has 112 valence electrons. The Morgan fingerprint density at radius 3 is 2.45 bits per heavy atom. The van der Waals surface area contributed by atoms with Gasteiger partial charge in [0.05, 0.1) is 31.8 Å². The fourth-order valence-corrected chi connectivity index (χ4v) is 1.68. The van der Waals surface area contributed by atoms with Crippen molar-refractivity contribution in [1.29, 1.82) is 0 Å². The van der Waals surface area contributed by atoms with Crippen LogP contribution in [0.2, 0.25) is 0 Å². The second-order valence-electron chi connectivity index (χ2n) is 5.53. The Hall–Kier alpha value is -1.43. The lowest BCUT2D eigenvalue weighted by Crippen LogP contribution is -2.31. The van der Waals surface area contributed by atoms with Crippen LogP contribution in [0.25, 0.3) is 0 Å². The van der Waals surface area contributed by atoms with Crippen LogP contribution >= 0.6 is 0 Å². The lowest BCUT2D eigenvalue weighted by molar-refractivity contribution is -0.120. The van der Waals surface area contributed by atoms with Crippen LogP contribution in [0.4, 0.5) is 0 Å². The monoisotopic (exact) mass is 280 g/mol. The number of carbonyl (C=O) groups excluding carboxylic acids is 1. The molecule has 1 amide bonds. The first kappa shape index (κ1) is 16.6. The van der Waals surface area contributed by atoms with Gasteiger partial charge in [0, 0.05) is 0 Å². The van der Waals surface area contributed by atoms with Gasteiger partial charge in [-0.15, -0.1) is 0 Å². The summed E-state index contributed by atoms with van der Waals surface area (Å²) in [4.78, 5) is 11.3. The van der Waals surface area contributed by atoms with Crippen molar-refractivity contribution < 1.29 is 14.3 Å². The van der Waals surface area contributed by atoms with E-state index in [1.54, 1.807) is 0 Å². The molecule has 0 spiro atoms. The minimum absolute atomic E-state index is 0.152. The van der Waals surface area contributed by atoms with Gasteiger partial charge < -0.3 is 9.47 Å². The molecule has 1 aromatic rings. The van der Waals surface area contributed by atoms with Crippen molar-refractivity contribution in [3.8, 4) is 0 Å². The molecule has 1 rings (SSSR count). The molecule has 3 N–H and O–H groups in total. The Bertz CT molecular complexity index is 427. The summed E-state index contributed by atoms with van der Waals surface area (Å²) >= 11 is 0. The van der Waals surface area contributed by atoms with Gasteiger partial charge in [-0.3, -0.25) is 10.2 Å². The van der Waals surface area contributed by atoms with Gasteiger partial charge in [0.15, 0.2) is 0 Å². The van der Waals surface area contributed by atoms with Crippen LogP contribution < -0.4 is 11.3 Å². The Balaban J connectivity index is 2.41. The summed E-state index contributed by atoms with van der Waals surface area (Å²) in [5, 5.41) is 0. The Labute approximate surface area is 120 Å². The first-order valence-corrected chi connectivity index (χ1v) is 6.70. The first-order valence-electron chi connectivity index (χ1n) is 6.70. The molecule has 20 heavy (non-hydrogen) atoms. The van der Waals surface area contributed by atoms with E-state index in [4.69, 9.17) is 15.3 Å². The smallest absolute Gasteiger partial charge is 0.238 e. The average molecular weight is 280 g/mol. The summed E-state index contributed by atoms with van der Waals surface area (Å²) in [7, 11) is 0. The Kier molecular flexibility index (Phi) is 6.64. The second-order valence-corrected chi connectivity index (χ2v) is 5.53. The van der Waals surface area contributed by atoms with Crippen LogP contribution in [0, 0.1) is 0 Å². The molecule has 1 aromatic carbocycles. The van der Waals surface area contributed by atoms with E-state index in [1.807, 2.05) is 45.0 Å². The largest absolute Gasteiger partial charge is 0.374 e. The fourth-order valence-electron chi connectivity index (χ4n) is 1.68. The predicted octanol–water partition coefficient (Wildman–Crippen LogP) is 1.55. The van der Waals surface area contributed by atoms with Crippen LogP contribution in [0.15, 0.2) is 24.3 Å². The molecule has 0 radical (unpaired) electrons. The molecule has 0 unspecified atom stereocenters. The summed E-state index contributed by atoms with van der Waals surface area (Å²) in [5.41, 5.74) is 3.90. The van der Waals surface area contributed by atoms with Crippen molar-refractivity contribution in [3.63, 3.8) is 0 Å². The lowest BCUT2D eigenvalue weighted by atomic mass is 10.1. The lowest BCUT2D eigenvalue weighted by Gasteiger charge is -2.19. The zero-order chi connectivity index (χ0) is 15.0. The summed E-state index contributed by atoms with van der Waals surface area (Å²) in [6.07, 6.45) is 0.258. The van der Waals surface area contributed by atoms with Crippen LogP contribution in [0.1, 0.15) is 31.9 Å². The Morgan fingerprint density at radius 1 is 1.20 bits per heavy atom. The third-order valence-corrected chi connectivity index (χ3v) is 2.65. The molecule has 5 nitrogen and oxygen atoms in total. The number of hydrogen-bond donors (Lipinski definition) is 2. The molecule has 0 saturated heterocycles. The van der Waals surface area contributed by atoms with Crippen molar-refractivity contribution >= 4 is 5.91 Å². The molecule has 0 aliphatic rings. The minimum atomic E-state index is -0.214. The van der Waals surface area contributed by atoms with E-state index in [9.17, 15) is 4.79 Å². The molecule has 0 bridgehead atoms. The second kappa shape index (κ2) is 7.99. The summed E-state index contributed by atoms with van der Waals surface area (Å²) < 4.78 is 11.2. The van der Waals surface area contributed by atoms with Gasteiger partial charge in [-0.1, -0.05) is 24.3 Å². The SMILES string of the molecule is CC(C)(C)OCCOCc1ccccc1CC(=O)NN. The highest BCUT2D eigenvalue weighted by Crippen LogP contribution is 2.11. The normalized spacial score (nSPS) is 11.4. The Morgan fingerprint density at radius 2 is 1.85 bits per heavy atom. The maximum Gasteiger partial charge on any atom is 0.238 e. The molecule has 0 aromatic heterocycles. The predicted molar refractivity (Wildman–Crippen MR) is 77.8 cm³/mol. The first-order chi connectivity index (χ1) is 9.42. The summed E-state index contributed by atoms with van der Waals surface area (Å²) in [6.45, 7) is 7.56. The zero-order valence-electron chi connectivity index (χ0n) is 12.4. The third kappa shape index (κ3) is 6.65. The minimum Gasteiger partial charge on any atom is -0.374 e. The van der Waals surface area contributed by atoms with Gasteiger partial charge >= 0.3 is 0 Å². The molecule has 0 atom stereocenters. The highest BCUT2D eigenvalue weighted by Gasteiger charge is 2.10. The molecule has 0 heterocycles. The van der Waals surface area contributed by atoms with Gasteiger partial charge in [-0.05, 0) is 31.9 Å². The zero-order valence-corrected chi connectivity index (χ0v) is 12.4. The van der Waals surface area contributed by atoms with Crippen LogP contribution in [-0.4, -0.2) is 24.7 Å². The van der Waals surface area contributed by atoms with Crippen molar-refractivity contribution in [3.05, 3.63) is 35.4 Å². The van der Waals surface area contributed by atoms with Crippen molar-refractivity contribution in [2.75, 3.05) is 13.2 Å². The maximum absolute atomic E-state index is 11.3. The van der Waals surface area contributed by atoms with Gasteiger partial charge in [0.25, 0.3) is 0 Å². The van der Waals surface area contributed by atoms with Crippen molar-refractivity contribution in [1.82, 2.24) is 5.43 Å². The van der Waals surface area contributed by atoms with Crippen LogP contribution in [-0.2, 0) is 27.3 Å². The third-order valence-electron chi connectivity index (χ3n) is 2.65. The number of rotatable bonds is 7. The topological polar surface area (TPSA) is 73.6 Å². The van der Waals surface area contributed by atoms with E-state index in [-0.39, 0.29) is 17.9 Å². The van der Waals surface area contributed by atoms with E-state index in [2.05, 4.69) is 5.43 Å². The number of carbonyl (C=O) groups is 1. The molecule has 0 aliphatic carbocycles. The van der Waals surface area contributed by atoms with Crippen LogP contribution in [0.5, 0.6) is 0 Å². The van der Waals surface area contributed by atoms with E-state index in [1.165, 1.54) is 0 Å². The highest BCUT2D eigenvalue weighted by molar-refractivity contribution is 5.78. The van der Waals surface area contributed by atoms with Gasteiger partial charge in [-0.2, -0.15) is 0 Å². The molecule has 0 fully saturated rings. The highest BCUT2D eigenvalue weighted by atomic mass is 16.5. The number of nitrogens with two attached hydrogens (primary N) is 1. The molecule has 0 saturated carbocycles. The van der Waals surface area contributed by atoms with Gasteiger partial charge in [0.2, 0.25) is 5.91 Å². The maximum atomic E-state index is 11.3. The van der Waals surface area contributed by atoms with Gasteiger partial charge in [0.1, 0.15) is 0 Å². The number of benzene rings is 1. The molecular formula is C15H24N2O3. The number of hydrogen-bond acceptors (Lipinski definition) is 4. The quantitative estimate of drug-likeness (QED) is 0.344. The number of nitrogens with one attached hydrogen (secondary N) is 1. The number of amides is 1. The van der Waals surface area contributed by atoms with E-state index in [0.717, 1.165) is 11.1 Å². The van der Waals surface area contributed by atoms with E-state index in [0.29, 0.717) is 19.8 Å². The number of hydrazine groups is 1.